The minimum absolute atomic E-state index is 0.255. The van der Waals surface area contributed by atoms with E-state index in [4.69, 9.17) is 20.6 Å². The van der Waals surface area contributed by atoms with E-state index in [2.05, 4.69) is 25.2 Å². The Bertz CT molecular complexity index is 1680. The van der Waals surface area contributed by atoms with Crippen LogP contribution in [0, 0.1) is 11.2 Å². The molecule has 1 amide bonds. The minimum atomic E-state index is -1.26. The van der Waals surface area contributed by atoms with Crippen LogP contribution in [0.4, 0.5) is 15.1 Å². The SMILES string of the molecule is N=C(OC(N)=NC1N=C(c2ccccc2)c2ccccc2NC1=O)c1nc(-c2ccc(F)cc2)sc1N1CCOCC1. The summed E-state index contributed by atoms with van der Waals surface area (Å²) in [4.78, 5) is 28.7. The second-order valence-electron chi connectivity index (χ2n) is 9.43. The van der Waals surface area contributed by atoms with E-state index in [1.165, 1.54) is 23.5 Å². The first-order valence-corrected chi connectivity index (χ1v) is 14.0. The molecule has 4 aromatic rings. The van der Waals surface area contributed by atoms with Gasteiger partial charge in [-0.25, -0.2) is 14.4 Å². The first kappa shape index (κ1) is 27.2. The van der Waals surface area contributed by atoms with Gasteiger partial charge in [-0.05, 0) is 30.3 Å². The first-order valence-electron chi connectivity index (χ1n) is 13.2. The summed E-state index contributed by atoms with van der Waals surface area (Å²) in [6.07, 6.45) is -1.26. The minimum Gasteiger partial charge on any atom is -0.405 e. The molecule has 1 aromatic heterocycles. The number of fused-ring (bicyclic) bond motifs is 1. The maximum atomic E-state index is 13.5. The smallest absolute Gasteiger partial charge is 0.291 e. The Morgan fingerprint density at radius 1 is 1.05 bits per heavy atom. The van der Waals surface area contributed by atoms with E-state index in [-0.39, 0.29) is 17.4 Å². The Hall–Kier alpha value is -4.94. The molecule has 2 aliphatic heterocycles. The molecule has 0 aliphatic carbocycles. The maximum absolute atomic E-state index is 13.5. The van der Waals surface area contributed by atoms with Crippen LogP contribution in [-0.2, 0) is 14.3 Å². The molecule has 12 heteroatoms. The lowest BCUT2D eigenvalue weighted by Gasteiger charge is -2.27. The van der Waals surface area contributed by atoms with E-state index in [0.717, 1.165) is 11.1 Å². The number of carbonyl (C=O) groups excluding carboxylic acids is 1. The summed E-state index contributed by atoms with van der Waals surface area (Å²) in [6, 6.07) is 22.4. The molecule has 10 nitrogen and oxygen atoms in total. The molecule has 4 N–H and O–H groups in total. The highest BCUT2D eigenvalue weighted by molar-refractivity contribution is 7.19. The number of hydrogen-bond donors (Lipinski definition) is 3. The van der Waals surface area contributed by atoms with Crippen LogP contribution in [-0.4, -0.2) is 61.0 Å². The average Bonchev–Trinajstić information content (AvgIpc) is 3.41. The number of carbonyl (C=O) groups is 1. The number of ether oxygens (including phenoxy) is 2. The average molecular weight is 584 g/mol. The van der Waals surface area contributed by atoms with Gasteiger partial charge < -0.3 is 25.4 Å². The van der Waals surface area contributed by atoms with Crippen LogP contribution in [0.5, 0.6) is 0 Å². The van der Waals surface area contributed by atoms with Crippen LogP contribution in [0.3, 0.4) is 0 Å². The van der Waals surface area contributed by atoms with Crippen molar-refractivity contribution in [3.63, 3.8) is 0 Å². The number of benzodiazepines with no additional fused rings is 1. The van der Waals surface area contributed by atoms with E-state index >= 15 is 0 Å². The van der Waals surface area contributed by atoms with Gasteiger partial charge in [0.05, 0.1) is 24.6 Å². The van der Waals surface area contributed by atoms with Gasteiger partial charge in [0.15, 0.2) is 5.69 Å². The van der Waals surface area contributed by atoms with Crippen molar-refractivity contribution in [3.8, 4) is 10.6 Å². The molecule has 0 radical (unpaired) electrons. The number of hydrogen-bond acceptors (Lipinski definition) is 9. The summed E-state index contributed by atoms with van der Waals surface area (Å²) < 4.78 is 24.7. The van der Waals surface area contributed by atoms with Crippen molar-refractivity contribution < 1.29 is 18.7 Å². The Kier molecular flexibility index (Phi) is 7.71. The van der Waals surface area contributed by atoms with Crippen LogP contribution < -0.4 is 16.0 Å². The number of halogens is 1. The summed E-state index contributed by atoms with van der Waals surface area (Å²) in [5, 5.41) is 12.9. The fourth-order valence-electron chi connectivity index (χ4n) is 4.62. The number of morpholine rings is 1. The quantitative estimate of drug-likeness (QED) is 0.237. The lowest BCUT2D eigenvalue weighted by atomic mass is 10.0. The van der Waals surface area contributed by atoms with Crippen LogP contribution >= 0.6 is 11.3 Å². The molecule has 1 saturated heterocycles. The molecule has 0 bridgehead atoms. The number of benzene rings is 3. The largest absolute Gasteiger partial charge is 0.405 e. The predicted octanol–water partition coefficient (Wildman–Crippen LogP) is 4.26. The zero-order valence-corrected chi connectivity index (χ0v) is 23.1. The van der Waals surface area contributed by atoms with Crippen molar-refractivity contribution >= 4 is 45.6 Å². The van der Waals surface area contributed by atoms with Gasteiger partial charge in [0.2, 0.25) is 12.1 Å². The standard InChI is InChI=1S/C30H26FN7O3S/c31-20-12-10-19(11-13-20)28-36-24(29(42-28)38-14-16-40-17-15-38)25(32)41-30(33)37-26-27(39)34-22-9-5-4-8-21(22)23(35-26)18-6-2-1-3-7-18/h1-13,26,32H,14-17H2,(H2,33,37)(H,34,39). The van der Waals surface area contributed by atoms with Crippen molar-refractivity contribution in [2.45, 2.75) is 6.17 Å². The maximum Gasteiger partial charge on any atom is 0.291 e. The second kappa shape index (κ2) is 11.9. The van der Waals surface area contributed by atoms with Crippen molar-refractivity contribution in [2.75, 3.05) is 36.5 Å². The third kappa shape index (κ3) is 5.76. The fraction of sp³-hybridized carbons (Fsp3) is 0.167. The molecule has 0 spiro atoms. The Labute approximate surface area is 244 Å². The lowest BCUT2D eigenvalue weighted by molar-refractivity contribution is -0.117. The van der Waals surface area contributed by atoms with Gasteiger partial charge >= 0.3 is 0 Å². The number of nitrogens with two attached hydrogens (primary N) is 1. The number of thiazole rings is 1. The van der Waals surface area contributed by atoms with Crippen LogP contribution in [0.2, 0.25) is 0 Å². The van der Waals surface area contributed by atoms with Gasteiger partial charge in [-0.15, -0.1) is 0 Å². The Morgan fingerprint density at radius 2 is 1.76 bits per heavy atom. The van der Waals surface area contributed by atoms with Gasteiger partial charge in [-0.1, -0.05) is 59.9 Å². The van der Waals surface area contributed by atoms with Crippen molar-refractivity contribution in [3.05, 3.63) is 102 Å². The molecule has 1 fully saturated rings. The molecule has 1 atom stereocenters. The number of aromatic nitrogens is 1. The molecular weight excluding hydrogens is 557 g/mol. The summed E-state index contributed by atoms with van der Waals surface area (Å²) in [5.74, 6) is -1.19. The van der Waals surface area contributed by atoms with Gasteiger partial charge in [-0.3, -0.25) is 10.2 Å². The van der Waals surface area contributed by atoms with Crippen LogP contribution in [0.25, 0.3) is 10.6 Å². The summed E-state index contributed by atoms with van der Waals surface area (Å²) in [5.41, 5.74) is 9.82. The molecule has 1 unspecified atom stereocenters. The zero-order valence-electron chi connectivity index (χ0n) is 22.3. The normalized spacial score (nSPS) is 17.1. The molecule has 42 heavy (non-hydrogen) atoms. The van der Waals surface area contributed by atoms with E-state index in [9.17, 15) is 9.18 Å². The van der Waals surface area contributed by atoms with E-state index < -0.39 is 18.1 Å². The molecule has 3 heterocycles. The number of rotatable bonds is 5. The lowest BCUT2D eigenvalue weighted by Crippen LogP contribution is -2.37. The van der Waals surface area contributed by atoms with Crippen LogP contribution in [0.1, 0.15) is 16.8 Å². The van der Waals surface area contributed by atoms with E-state index in [0.29, 0.717) is 53.3 Å². The van der Waals surface area contributed by atoms with Gasteiger partial charge in [0, 0.05) is 29.8 Å². The molecule has 6 rings (SSSR count). The zero-order chi connectivity index (χ0) is 29.1. The number of aliphatic imine (C=N–C) groups is 2. The highest BCUT2D eigenvalue weighted by Gasteiger charge is 2.28. The predicted molar refractivity (Wildman–Crippen MR) is 161 cm³/mol. The van der Waals surface area contributed by atoms with E-state index in [1.807, 2.05) is 48.5 Å². The topological polar surface area (TPSA) is 138 Å². The summed E-state index contributed by atoms with van der Waals surface area (Å²) in [7, 11) is 0. The van der Waals surface area contributed by atoms with Gasteiger partial charge in [0.25, 0.3) is 11.9 Å². The first-order chi connectivity index (χ1) is 20.5. The van der Waals surface area contributed by atoms with Crippen molar-refractivity contribution in [1.29, 1.82) is 5.41 Å². The van der Waals surface area contributed by atoms with Crippen LogP contribution in [0.15, 0.2) is 88.8 Å². The number of nitrogens with zero attached hydrogens (tertiary/aromatic N) is 4. The second-order valence-corrected chi connectivity index (χ2v) is 10.4. The molecular formula is C30H26FN7O3S. The number of nitrogens with one attached hydrogen (secondary N) is 2. The number of anilines is 2. The molecule has 212 valence electrons. The molecule has 2 aliphatic rings. The van der Waals surface area contributed by atoms with Gasteiger partial charge in [0.1, 0.15) is 15.8 Å². The Balaban J connectivity index is 1.31. The molecule has 0 saturated carbocycles. The van der Waals surface area contributed by atoms with Gasteiger partial charge in [-0.2, -0.15) is 4.99 Å². The highest BCUT2D eigenvalue weighted by atomic mass is 32.1. The third-order valence-electron chi connectivity index (χ3n) is 6.64. The monoisotopic (exact) mass is 583 g/mol. The third-order valence-corrected chi connectivity index (χ3v) is 7.81. The van der Waals surface area contributed by atoms with Crippen molar-refractivity contribution in [1.82, 2.24) is 4.98 Å². The number of amides is 1. The molecule has 3 aromatic carbocycles. The summed E-state index contributed by atoms with van der Waals surface area (Å²) in [6.45, 7) is 2.27. The number of para-hydroxylation sites is 1. The summed E-state index contributed by atoms with van der Waals surface area (Å²) >= 11 is 1.36. The van der Waals surface area contributed by atoms with Crippen molar-refractivity contribution in [2.24, 2.45) is 15.7 Å². The fourth-order valence-corrected chi connectivity index (χ4v) is 5.74. The number of amidine groups is 1. The Morgan fingerprint density at radius 3 is 2.52 bits per heavy atom. The highest BCUT2D eigenvalue weighted by Crippen LogP contribution is 2.36. The van der Waals surface area contributed by atoms with E-state index in [1.54, 1.807) is 18.2 Å².